The number of rotatable bonds is 4. The maximum Gasteiger partial charge on any atom is 0.256 e. The highest BCUT2D eigenvalue weighted by atomic mass is 35.5. The lowest BCUT2D eigenvalue weighted by molar-refractivity contribution is 0.0727. The Kier molecular flexibility index (Phi) is 5.12. The number of fused-ring (bicyclic) bond motifs is 2. The molecule has 1 unspecified atom stereocenters. The number of furan rings is 1. The highest BCUT2D eigenvalue weighted by Crippen LogP contribution is 2.40. The predicted molar refractivity (Wildman–Crippen MR) is 121 cm³/mol. The molecule has 0 aliphatic carbocycles. The van der Waals surface area contributed by atoms with Crippen molar-refractivity contribution in [3.63, 3.8) is 0 Å². The summed E-state index contributed by atoms with van der Waals surface area (Å²) in [4.78, 5) is 30.7. The second-order valence-electron chi connectivity index (χ2n) is 8.52. The SMILES string of the molecule is Cc1[nH]c(=O)c(CN2CCc3c(Cl)cc(C(C)C4CNC4)c(Cl)c3C2=O)c2ccoc12. The topological polar surface area (TPSA) is 78.3 Å². The smallest absolute Gasteiger partial charge is 0.256 e. The first-order valence-corrected chi connectivity index (χ1v) is 11.2. The molecule has 31 heavy (non-hydrogen) atoms. The molecule has 0 spiro atoms. The zero-order valence-corrected chi connectivity index (χ0v) is 18.9. The molecule has 4 heterocycles. The number of hydrogen-bond acceptors (Lipinski definition) is 4. The van der Waals surface area contributed by atoms with Crippen LogP contribution < -0.4 is 10.9 Å². The molecule has 1 fully saturated rings. The Morgan fingerprint density at radius 3 is 2.77 bits per heavy atom. The Labute approximate surface area is 189 Å². The summed E-state index contributed by atoms with van der Waals surface area (Å²) in [5.41, 5.74) is 3.78. The van der Waals surface area contributed by atoms with E-state index in [-0.39, 0.29) is 23.9 Å². The van der Waals surface area contributed by atoms with Crippen molar-refractivity contribution in [3.05, 3.63) is 66.7 Å². The van der Waals surface area contributed by atoms with Gasteiger partial charge in [0, 0.05) is 22.5 Å². The van der Waals surface area contributed by atoms with E-state index in [1.165, 1.54) is 0 Å². The molecule has 162 valence electrons. The maximum atomic E-state index is 13.5. The number of pyridine rings is 1. The van der Waals surface area contributed by atoms with Crippen LogP contribution in [-0.4, -0.2) is 35.4 Å². The van der Waals surface area contributed by atoms with Crippen molar-refractivity contribution in [2.45, 2.75) is 32.7 Å². The molecule has 6 nitrogen and oxygen atoms in total. The highest BCUT2D eigenvalue weighted by Gasteiger charge is 2.34. The first-order valence-electron chi connectivity index (χ1n) is 10.5. The number of aromatic nitrogens is 1. The van der Waals surface area contributed by atoms with E-state index < -0.39 is 0 Å². The van der Waals surface area contributed by atoms with Crippen LogP contribution in [0.2, 0.25) is 10.0 Å². The van der Waals surface area contributed by atoms with Crippen molar-refractivity contribution in [1.82, 2.24) is 15.2 Å². The van der Waals surface area contributed by atoms with Gasteiger partial charge in [0.2, 0.25) is 0 Å². The Bertz CT molecular complexity index is 1260. The van der Waals surface area contributed by atoms with Crippen LogP contribution >= 0.6 is 23.2 Å². The van der Waals surface area contributed by atoms with E-state index in [1.807, 2.05) is 6.07 Å². The lowest BCUT2D eigenvalue weighted by Crippen LogP contribution is -2.45. The fourth-order valence-corrected chi connectivity index (χ4v) is 5.40. The van der Waals surface area contributed by atoms with Crippen LogP contribution in [0, 0.1) is 12.8 Å². The summed E-state index contributed by atoms with van der Waals surface area (Å²) in [6.45, 7) is 6.44. The third-order valence-electron chi connectivity index (χ3n) is 6.74. The number of benzene rings is 1. The summed E-state index contributed by atoms with van der Waals surface area (Å²) in [5, 5.41) is 5.08. The van der Waals surface area contributed by atoms with Crippen LogP contribution in [0.5, 0.6) is 0 Å². The van der Waals surface area contributed by atoms with Crippen LogP contribution in [0.25, 0.3) is 11.0 Å². The van der Waals surface area contributed by atoms with E-state index in [0.717, 1.165) is 29.6 Å². The minimum absolute atomic E-state index is 0.185. The van der Waals surface area contributed by atoms with Crippen molar-refractivity contribution in [1.29, 1.82) is 0 Å². The molecular formula is C23H23Cl2N3O3. The van der Waals surface area contributed by atoms with Crippen LogP contribution in [0.15, 0.2) is 27.6 Å². The van der Waals surface area contributed by atoms with Gasteiger partial charge in [-0.3, -0.25) is 9.59 Å². The average Bonchev–Trinajstić information content (AvgIpc) is 3.17. The minimum Gasteiger partial charge on any atom is -0.463 e. The number of hydrogen-bond donors (Lipinski definition) is 2. The lowest BCUT2D eigenvalue weighted by atomic mass is 9.82. The molecule has 1 aromatic carbocycles. The first-order chi connectivity index (χ1) is 14.9. The molecule has 3 aromatic rings. The summed E-state index contributed by atoms with van der Waals surface area (Å²) in [5.74, 6) is 0.484. The van der Waals surface area contributed by atoms with E-state index >= 15 is 0 Å². The van der Waals surface area contributed by atoms with Crippen molar-refractivity contribution in [2.75, 3.05) is 19.6 Å². The van der Waals surface area contributed by atoms with Crippen molar-refractivity contribution >= 4 is 40.1 Å². The normalized spacial score (nSPS) is 17.7. The minimum atomic E-state index is -0.214. The molecule has 1 atom stereocenters. The predicted octanol–water partition coefficient (Wildman–Crippen LogP) is 4.26. The first kappa shape index (κ1) is 20.6. The van der Waals surface area contributed by atoms with Crippen molar-refractivity contribution < 1.29 is 9.21 Å². The summed E-state index contributed by atoms with van der Waals surface area (Å²) in [6, 6.07) is 3.69. The van der Waals surface area contributed by atoms with Gasteiger partial charge in [0.1, 0.15) is 0 Å². The third kappa shape index (κ3) is 3.28. The molecule has 2 aliphatic rings. The third-order valence-corrected chi connectivity index (χ3v) is 7.49. The molecular weight excluding hydrogens is 437 g/mol. The van der Waals surface area contributed by atoms with E-state index in [4.69, 9.17) is 27.6 Å². The zero-order valence-electron chi connectivity index (χ0n) is 17.4. The Morgan fingerprint density at radius 1 is 1.29 bits per heavy atom. The van der Waals surface area contributed by atoms with E-state index in [2.05, 4.69) is 17.2 Å². The van der Waals surface area contributed by atoms with Gasteiger partial charge in [-0.2, -0.15) is 0 Å². The summed E-state index contributed by atoms with van der Waals surface area (Å²) in [6.07, 6.45) is 2.15. The number of amides is 1. The van der Waals surface area contributed by atoms with Gasteiger partial charge in [0.05, 0.1) is 29.1 Å². The van der Waals surface area contributed by atoms with Crippen molar-refractivity contribution in [3.8, 4) is 0 Å². The summed E-state index contributed by atoms with van der Waals surface area (Å²) < 4.78 is 5.51. The lowest BCUT2D eigenvalue weighted by Gasteiger charge is -2.35. The molecule has 2 N–H and O–H groups in total. The van der Waals surface area contributed by atoms with Crippen LogP contribution in [0.4, 0.5) is 0 Å². The van der Waals surface area contributed by atoms with Gasteiger partial charge >= 0.3 is 0 Å². The Morgan fingerprint density at radius 2 is 2.06 bits per heavy atom. The quantitative estimate of drug-likeness (QED) is 0.610. The van der Waals surface area contributed by atoms with E-state index in [1.54, 1.807) is 24.2 Å². The molecule has 8 heteroatoms. The number of carbonyl (C=O) groups is 1. The number of nitrogens with zero attached hydrogens (tertiary/aromatic N) is 1. The second-order valence-corrected chi connectivity index (χ2v) is 9.31. The second kappa shape index (κ2) is 7.69. The molecule has 2 aromatic heterocycles. The van der Waals surface area contributed by atoms with Gasteiger partial charge in [-0.1, -0.05) is 30.1 Å². The van der Waals surface area contributed by atoms with Gasteiger partial charge in [-0.05, 0) is 61.5 Å². The molecule has 2 aliphatic heterocycles. The van der Waals surface area contributed by atoms with Gasteiger partial charge < -0.3 is 19.6 Å². The van der Waals surface area contributed by atoms with Gasteiger partial charge in [0.15, 0.2) is 5.58 Å². The van der Waals surface area contributed by atoms with Crippen LogP contribution in [-0.2, 0) is 13.0 Å². The molecule has 1 saturated heterocycles. The maximum absolute atomic E-state index is 13.5. The summed E-state index contributed by atoms with van der Waals surface area (Å²) >= 11 is 13.4. The fraction of sp³-hybridized carbons (Fsp3) is 0.391. The average molecular weight is 460 g/mol. The number of aryl methyl sites for hydroxylation is 1. The zero-order chi connectivity index (χ0) is 21.9. The highest BCUT2D eigenvalue weighted by molar-refractivity contribution is 6.37. The number of H-pyrrole nitrogens is 1. The molecule has 1 amide bonds. The molecule has 0 bridgehead atoms. The number of carbonyl (C=O) groups excluding carboxylic acids is 1. The summed E-state index contributed by atoms with van der Waals surface area (Å²) in [7, 11) is 0. The van der Waals surface area contributed by atoms with Gasteiger partial charge in [0.25, 0.3) is 11.5 Å². The number of nitrogens with one attached hydrogen (secondary N) is 2. The Hall–Kier alpha value is -2.28. The molecule has 0 saturated carbocycles. The number of halogens is 2. The molecule has 0 radical (unpaired) electrons. The largest absolute Gasteiger partial charge is 0.463 e. The Balaban J connectivity index is 1.53. The standard InChI is InChI=1S/C23H23Cl2N3O3/c1-11(13-8-26-9-13)16-7-18(24)15-3-5-28(23(30)19(15)20(16)25)10-17-14-4-6-31-21(14)12(2)27-22(17)29/h4,6-7,11,13,26H,3,5,8-10H2,1-2H3,(H,27,29). The van der Waals surface area contributed by atoms with Gasteiger partial charge in [-0.25, -0.2) is 0 Å². The van der Waals surface area contributed by atoms with Crippen LogP contribution in [0.1, 0.15) is 45.6 Å². The van der Waals surface area contributed by atoms with Crippen molar-refractivity contribution in [2.24, 2.45) is 5.92 Å². The molecule has 5 rings (SSSR count). The fourth-order valence-electron chi connectivity index (χ4n) is 4.67. The monoisotopic (exact) mass is 459 g/mol. The van der Waals surface area contributed by atoms with E-state index in [0.29, 0.717) is 51.3 Å². The van der Waals surface area contributed by atoms with Gasteiger partial charge in [-0.15, -0.1) is 0 Å². The van der Waals surface area contributed by atoms with E-state index in [9.17, 15) is 9.59 Å². The van der Waals surface area contributed by atoms with Crippen LogP contribution in [0.3, 0.4) is 0 Å². The number of aromatic amines is 1.